The molecule has 2 rings (SSSR count). The van der Waals surface area contributed by atoms with Crippen LogP contribution in [0.4, 0.5) is 11.4 Å². The van der Waals surface area contributed by atoms with Gasteiger partial charge in [0.05, 0.1) is 19.3 Å². The Bertz CT molecular complexity index is 484. The highest BCUT2D eigenvalue weighted by molar-refractivity contribution is 5.94. The molecule has 3 N–H and O–H groups in total. The minimum atomic E-state index is -0.00757. The van der Waals surface area contributed by atoms with E-state index >= 15 is 0 Å². The number of benzene rings is 1. The van der Waals surface area contributed by atoms with Crippen molar-refractivity contribution in [3.63, 3.8) is 0 Å². The van der Waals surface area contributed by atoms with Gasteiger partial charge in [0.15, 0.2) is 0 Å². The fourth-order valence-electron chi connectivity index (χ4n) is 2.95. The summed E-state index contributed by atoms with van der Waals surface area (Å²) in [5, 5.41) is 2.92. The van der Waals surface area contributed by atoms with Crippen LogP contribution in [-0.2, 0) is 4.79 Å². The molecule has 0 aromatic heterocycles. The summed E-state index contributed by atoms with van der Waals surface area (Å²) in [7, 11) is 1.57. The molecule has 0 saturated heterocycles. The number of rotatable bonds is 6. The number of nitrogens with zero attached hydrogens (tertiary/aromatic N) is 1. The topological polar surface area (TPSA) is 67.6 Å². The first kappa shape index (κ1) is 15.6. The van der Waals surface area contributed by atoms with E-state index in [0.717, 1.165) is 6.54 Å². The summed E-state index contributed by atoms with van der Waals surface area (Å²) in [6.45, 7) is 3.43. The minimum absolute atomic E-state index is 0.00757. The molecule has 1 aliphatic rings. The third-order valence-corrected chi connectivity index (χ3v) is 4.09. The highest BCUT2D eigenvalue weighted by atomic mass is 16.5. The van der Waals surface area contributed by atoms with Gasteiger partial charge >= 0.3 is 0 Å². The second kappa shape index (κ2) is 7.31. The lowest BCUT2D eigenvalue weighted by Crippen LogP contribution is -2.39. The zero-order valence-electron chi connectivity index (χ0n) is 12.9. The largest absolute Gasteiger partial charge is 0.494 e. The van der Waals surface area contributed by atoms with E-state index in [2.05, 4.69) is 17.1 Å². The summed E-state index contributed by atoms with van der Waals surface area (Å²) in [4.78, 5) is 14.5. The Balaban J connectivity index is 1.97. The maximum absolute atomic E-state index is 12.3. The van der Waals surface area contributed by atoms with Crippen molar-refractivity contribution < 1.29 is 9.53 Å². The zero-order chi connectivity index (χ0) is 15.2. The Hall–Kier alpha value is -1.75. The van der Waals surface area contributed by atoms with Crippen molar-refractivity contribution in [3.05, 3.63) is 18.2 Å². The van der Waals surface area contributed by atoms with Crippen LogP contribution in [0.1, 0.15) is 32.6 Å². The third kappa shape index (κ3) is 4.11. The predicted octanol–water partition coefficient (Wildman–Crippen LogP) is 2.48. The summed E-state index contributed by atoms with van der Waals surface area (Å²) in [6.07, 6.45) is 4.95. The number of likely N-dealkylation sites (N-methyl/N-ethyl adjacent to an activating group) is 1. The smallest absolute Gasteiger partial charge is 0.238 e. The fraction of sp³-hybridized carbons (Fsp3) is 0.562. The Kier molecular flexibility index (Phi) is 5.44. The van der Waals surface area contributed by atoms with E-state index in [4.69, 9.17) is 10.5 Å². The van der Waals surface area contributed by atoms with Gasteiger partial charge < -0.3 is 15.8 Å². The number of amides is 1. The second-order valence-corrected chi connectivity index (χ2v) is 5.51. The quantitative estimate of drug-likeness (QED) is 0.790. The molecule has 0 heterocycles. The van der Waals surface area contributed by atoms with Crippen LogP contribution in [0.5, 0.6) is 5.75 Å². The van der Waals surface area contributed by atoms with Gasteiger partial charge in [-0.15, -0.1) is 0 Å². The van der Waals surface area contributed by atoms with Crippen LogP contribution in [0, 0.1) is 0 Å². The van der Waals surface area contributed by atoms with Crippen molar-refractivity contribution in [2.24, 2.45) is 0 Å². The van der Waals surface area contributed by atoms with Gasteiger partial charge in [0.2, 0.25) is 5.91 Å². The molecule has 1 amide bonds. The molecule has 1 saturated carbocycles. The Morgan fingerprint density at radius 3 is 2.76 bits per heavy atom. The van der Waals surface area contributed by atoms with E-state index in [1.807, 2.05) is 0 Å². The van der Waals surface area contributed by atoms with Crippen molar-refractivity contribution in [1.82, 2.24) is 4.90 Å². The highest BCUT2D eigenvalue weighted by Crippen LogP contribution is 2.27. The van der Waals surface area contributed by atoms with E-state index in [1.165, 1.54) is 25.7 Å². The second-order valence-electron chi connectivity index (χ2n) is 5.51. The molecular formula is C16H25N3O2. The molecule has 0 bridgehead atoms. The minimum Gasteiger partial charge on any atom is -0.494 e. The van der Waals surface area contributed by atoms with E-state index in [0.29, 0.717) is 29.7 Å². The van der Waals surface area contributed by atoms with Gasteiger partial charge in [-0.2, -0.15) is 0 Å². The molecule has 1 aliphatic carbocycles. The van der Waals surface area contributed by atoms with Crippen molar-refractivity contribution in [2.45, 2.75) is 38.6 Å². The van der Waals surface area contributed by atoms with Gasteiger partial charge in [0, 0.05) is 17.8 Å². The number of carbonyl (C=O) groups excluding carboxylic acids is 1. The van der Waals surface area contributed by atoms with Crippen molar-refractivity contribution in [1.29, 1.82) is 0 Å². The van der Waals surface area contributed by atoms with Crippen LogP contribution >= 0.6 is 0 Å². The lowest BCUT2D eigenvalue weighted by molar-refractivity contribution is -0.117. The van der Waals surface area contributed by atoms with Gasteiger partial charge in [-0.25, -0.2) is 0 Å². The van der Waals surface area contributed by atoms with Crippen LogP contribution in [0.3, 0.4) is 0 Å². The van der Waals surface area contributed by atoms with Crippen molar-refractivity contribution in [2.75, 3.05) is 31.2 Å². The lowest BCUT2D eigenvalue weighted by Gasteiger charge is -2.26. The fourth-order valence-corrected chi connectivity index (χ4v) is 2.95. The molecule has 5 nitrogen and oxygen atoms in total. The van der Waals surface area contributed by atoms with Crippen LogP contribution in [0.25, 0.3) is 0 Å². The zero-order valence-corrected chi connectivity index (χ0v) is 12.9. The number of hydrogen-bond donors (Lipinski definition) is 2. The number of nitrogen functional groups attached to an aromatic ring is 1. The van der Waals surface area contributed by atoms with Gasteiger partial charge in [-0.3, -0.25) is 9.69 Å². The molecule has 116 valence electrons. The number of nitrogens with two attached hydrogens (primary N) is 1. The van der Waals surface area contributed by atoms with Crippen molar-refractivity contribution in [3.8, 4) is 5.75 Å². The summed E-state index contributed by atoms with van der Waals surface area (Å²) in [6, 6.07) is 5.79. The molecule has 1 aromatic rings. The van der Waals surface area contributed by atoms with Gasteiger partial charge in [0.25, 0.3) is 0 Å². The number of anilines is 2. The van der Waals surface area contributed by atoms with E-state index in [-0.39, 0.29) is 5.91 Å². The molecule has 1 fully saturated rings. The number of nitrogens with one attached hydrogen (secondary N) is 1. The lowest BCUT2D eigenvalue weighted by atomic mass is 10.2. The maximum Gasteiger partial charge on any atom is 0.238 e. The Morgan fingerprint density at radius 2 is 2.14 bits per heavy atom. The normalized spacial score (nSPS) is 15.4. The van der Waals surface area contributed by atoms with E-state index in [9.17, 15) is 4.79 Å². The molecule has 0 aliphatic heterocycles. The third-order valence-electron chi connectivity index (χ3n) is 4.09. The summed E-state index contributed by atoms with van der Waals surface area (Å²) in [5.74, 6) is 0.582. The average molecular weight is 291 g/mol. The SMILES string of the molecule is CCN(CC(=O)Nc1ccc(N)cc1OC)C1CCCC1. The van der Waals surface area contributed by atoms with E-state index in [1.54, 1.807) is 25.3 Å². The number of carbonyl (C=O) groups is 1. The van der Waals surface area contributed by atoms with Gasteiger partial charge in [0.1, 0.15) is 5.75 Å². The molecular weight excluding hydrogens is 266 g/mol. The monoisotopic (exact) mass is 291 g/mol. The highest BCUT2D eigenvalue weighted by Gasteiger charge is 2.23. The summed E-state index contributed by atoms with van der Waals surface area (Å²) in [5.41, 5.74) is 7.00. The molecule has 0 radical (unpaired) electrons. The van der Waals surface area contributed by atoms with Gasteiger partial charge in [-0.1, -0.05) is 19.8 Å². The van der Waals surface area contributed by atoms with Crippen LogP contribution in [0.15, 0.2) is 18.2 Å². The first-order chi connectivity index (χ1) is 10.1. The molecule has 21 heavy (non-hydrogen) atoms. The standard InChI is InChI=1S/C16H25N3O2/c1-3-19(13-6-4-5-7-13)11-16(20)18-14-9-8-12(17)10-15(14)21-2/h8-10,13H,3-7,11,17H2,1-2H3,(H,18,20). The summed E-state index contributed by atoms with van der Waals surface area (Å²) >= 11 is 0. The van der Waals surface area contributed by atoms with Crippen LogP contribution in [-0.4, -0.2) is 37.0 Å². The average Bonchev–Trinajstić information content (AvgIpc) is 3.00. The predicted molar refractivity (Wildman–Crippen MR) is 85.5 cm³/mol. The molecule has 0 unspecified atom stereocenters. The Labute approximate surface area is 126 Å². The van der Waals surface area contributed by atoms with E-state index < -0.39 is 0 Å². The van der Waals surface area contributed by atoms with Crippen molar-refractivity contribution >= 4 is 17.3 Å². The van der Waals surface area contributed by atoms with Gasteiger partial charge in [-0.05, 0) is 31.5 Å². The van der Waals surface area contributed by atoms with Crippen LogP contribution < -0.4 is 15.8 Å². The molecule has 5 heteroatoms. The first-order valence-corrected chi connectivity index (χ1v) is 7.61. The summed E-state index contributed by atoms with van der Waals surface area (Å²) < 4.78 is 5.25. The number of ether oxygens (including phenoxy) is 1. The Morgan fingerprint density at radius 1 is 1.43 bits per heavy atom. The number of hydrogen-bond acceptors (Lipinski definition) is 4. The molecule has 0 atom stereocenters. The first-order valence-electron chi connectivity index (χ1n) is 7.61. The molecule has 1 aromatic carbocycles. The maximum atomic E-state index is 12.3. The van der Waals surface area contributed by atoms with Crippen LogP contribution in [0.2, 0.25) is 0 Å². The number of methoxy groups -OCH3 is 1. The molecule has 0 spiro atoms.